The number of amides is 3. The minimum atomic E-state index is -4.81. The molecule has 0 fully saturated rings. The Bertz CT molecular complexity index is 881. The Kier molecular flexibility index (Phi) is 6.29. The van der Waals surface area contributed by atoms with Gasteiger partial charge < -0.3 is 4.74 Å². The molecule has 3 amide bonds. The minimum Gasteiger partial charge on any atom is -0.364 e. The number of nitrogens with one attached hydrogen (secondary N) is 1. The third-order valence-corrected chi connectivity index (χ3v) is 3.48. The SMILES string of the molecule is COCN(C(=O)NC(=O)c1c(F)cccc1F)c1ccc(C(F)(F)F)cc1F. The minimum absolute atomic E-state index is 0.156. The van der Waals surface area contributed by atoms with Crippen molar-refractivity contribution in [1.82, 2.24) is 5.32 Å². The number of carbonyl (C=O) groups is 2. The first-order valence-corrected chi connectivity index (χ1v) is 7.48. The number of hydrogen-bond donors (Lipinski definition) is 1. The fourth-order valence-corrected chi connectivity index (χ4v) is 2.21. The Morgan fingerprint density at radius 3 is 2.14 bits per heavy atom. The highest BCUT2D eigenvalue weighted by molar-refractivity contribution is 6.09. The van der Waals surface area contributed by atoms with Crippen LogP contribution in [0, 0.1) is 17.5 Å². The van der Waals surface area contributed by atoms with Crippen molar-refractivity contribution < 1.29 is 40.7 Å². The number of nitrogens with zero attached hydrogens (tertiary/aromatic N) is 1. The van der Waals surface area contributed by atoms with Crippen LogP contribution in [0.15, 0.2) is 36.4 Å². The van der Waals surface area contributed by atoms with Crippen molar-refractivity contribution in [3.63, 3.8) is 0 Å². The lowest BCUT2D eigenvalue weighted by atomic mass is 10.1. The number of rotatable bonds is 4. The molecule has 0 bridgehead atoms. The molecule has 0 aliphatic rings. The first kappa shape index (κ1) is 21.2. The maximum absolute atomic E-state index is 14.1. The molecule has 0 spiro atoms. The first-order valence-electron chi connectivity index (χ1n) is 7.48. The highest BCUT2D eigenvalue weighted by Gasteiger charge is 2.32. The molecule has 0 radical (unpaired) electrons. The Hall–Kier alpha value is -3.08. The van der Waals surface area contributed by atoms with Gasteiger partial charge in [-0.15, -0.1) is 0 Å². The fraction of sp³-hybridized carbons (Fsp3) is 0.176. The van der Waals surface area contributed by atoms with E-state index in [9.17, 15) is 35.9 Å². The molecule has 11 heteroatoms. The maximum Gasteiger partial charge on any atom is 0.416 e. The van der Waals surface area contributed by atoms with Gasteiger partial charge in [0, 0.05) is 7.11 Å². The Morgan fingerprint density at radius 1 is 1.04 bits per heavy atom. The van der Waals surface area contributed by atoms with Gasteiger partial charge in [0.05, 0.1) is 11.3 Å². The lowest BCUT2D eigenvalue weighted by Gasteiger charge is -2.23. The molecule has 0 saturated heterocycles. The molecule has 150 valence electrons. The van der Waals surface area contributed by atoms with E-state index >= 15 is 0 Å². The topological polar surface area (TPSA) is 58.6 Å². The molecule has 0 aromatic heterocycles. The number of urea groups is 1. The highest BCUT2D eigenvalue weighted by atomic mass is 19.4. The summed E-state index contributed by atoms with van der Waals surface area (Å²) >= 11 is 0. The van der Waals surface area contributed by atoms with E-state index in [1.165, 1.54) is 0 Å². The molecular formula is C17H12F6N2O3. The van der Waals surface area contributed by atoms with E-state index in [0.29, 0.717) is 17.0 Å². The molecule has 2 aromatic carbocycles. The second-order valence-electron chi connectivity index (χ2n) is 5.37. The van der Waals surface area contributed by atoms with E-state index in [1.807, 2.05) is 0 Å². The van der Waals surface area contributed by atoms with Crippen LogP contribution in [-0.2, 0) is 10.9 Å². The third kappa shape index (κ3) is 4.60. The molecule has 1 N–H and O–H groups in total. The van der Waals surface area contributed by atoms with Gasteiger partial charge >= 0.3 is 12.2 Å². The van der Waals surface area contributed by atoms with Crippen LogP contribution in [-0.4, -0.2) is 25.8 Å². The number of hydrogen-bond acceptors (Lipinski definition) is 3. The van der Waals surface area contributed by atoms with E-state index < -0.39 is 59.1 Å². The average Bonchev–Trinajstić information content (AvgIpc) is 2.59. The fourth-order valence-electron chi connectivity index (χ4n) is 2.21. The first-order chi connectivity index (χ1) is 13.1. The standard InChI is InChI=1S/C17H12F6N2O3/c1-28-8-25(13-6-5-9(7-12(13)20)17(21,22)23)16(27)24-15(26)14-10(18)3-2-4-11(14)19/h2-7H,8H2,1H3,(H,24,26,27). The largest absolute Gasteiger partial charge is 0.416 e. The molecule has 0 aliphatic heterocycles. The van der Waals surface area contributed by atoms with Crippen LogP contribution in [0.25, 0.3) is 0 Å². The van der Waals surface area contributed by atoms with Crippen molar-refractivity contribution in [3.05, 3.63) is 65.0 Å². The monoisotopic (exact) mass is 406 g/mol. The zero-order valence-electron chi connectivity index (χ0n) is 14.1. The second-order valence-corrected chi connectivity index (χ2v) is 5.37. The van der Waals surface area contributed by atoms with Gasteiger partial charge in [-0.05, 0) is 30.3 Å². The van der Waals surface area contributed by atoms with Gasteiger partial charge in [0.25, 0.3) is 5.91 Å². The van der Waals surface area contributed by atoms with E-state index in [2.05, 4.69) is 4.74 Å². The Morgan fingerprint density at radius 2 is 1.64 bits per heavy atom. The van der Waals surface area contributed by atoms with Gasteiger partial charge in [0.2, 0.25) is 0 Å². The van der Waals surface area contributed by atoms with Gasteiger partial charge in [-0.1, -0.05) is 6.07 Å². The normalized spacial score (nSPS) is 11.2. The number of imide groups is 1. The van der Waals surface area contributed by atoms with Crippen molar-refractivity contribution in [2.45, 2.75) is 6.18 Å². The van der Waals surface area contributed by atoms with Crippen LogP contribution < -0.4 is 10.2 Å². The Labute approximate surface area is 154 Å². The summed E-state index contributed by atoms with van der Waals surface area (Å²) in [7, 11) is 1.10. The van der Waals surface area contributed by atoms with Gasteiger partial charge in [0.1, 0.15) is 29.7 Å². The molecule has 2 aromatic rings. The Balaban J connectivity index is 2.31. The molecule has 0 heterocycles. The van der Waals surface area contributed by atoms with Crippen molar-refractivity contribution in [3.8, 4) is 0 Å². The molecule has 28 heavy (non-hydrogen) atoms. The van der Waals surface area contributed by atoms with Crippen molar-refractivity contribution >= 4 is 17.6 Å². The molecule has 0 unspecified atom stereocenters. The van der Waals surface area contributed by atoms with Crippen molar-refractivity contribution in [2.24, 2.45) is 0 Å². The molecule has 0 aliphatic carbocycles. The van der Waals surface area contributed by atoms with Crippen molar-refractivity contribution in [1.29, 1.82) is 0 Å². The van der Waals surface area contributed by atoms with Gasteiger partial charge in [-0.3, -0.25) is 15.0 Å². The molecule has 0 atom stereocenters. The summed E-state index contributed by atoms with van der Waals surface area (Å²) in [6.07, 6.45) is -4.81. The van der Waals surface area contributed by atoms with Crippen LogP contribution in [0.5, 0.6) is 0 Å². The molecular weight excluding hydrogens is 394 g/mol. The summed E-state index contributed by atoms with van der Waals surface area (Å²) < 4.78 is 84.0. The zero-order valence-corrected chi connectivity index (χ0v) is 14.1. The summed E-state index contributed by atoms with van der Waals surface area (Å²) in [4.78, 5) is 24.7. The lowest BCUT2D eigenvalue weighted by molar-refractivity contribution is -0.137. The van der Waals surface area contributed by atoms with E-state index in [1.54, 1.807) is 5.32 Å². The predicted molar refractivity (Wildman–Crippen MR) is 85.0 cm³/mol. The van der Waals surface area contributed by atoms with E-state index in [-0.39, 0.29) is 6.07 Å². The highest BCUT2D eigenvalue weighted by Crippen LogP contribution is 2.32. The molecule has 0 saturated carbocycles. The average molecular weight is 406 g/mol. The number of alkyl halides is 3. The van der Waals surface area contributed by atoms with Crippen LogP contribution >= 0.6 is 0 Å². The van der Waals surface area contributed by atoms with E-state index in [4.69, 9.17) is 0 Å². The number of methoxy groups -OCH3 is 1. The molecule has 2 rings (SSSR count). The molecule has 5 nitrogen and oxygen atoms in total. The maximum atomic E-state index is 14.1. The lowest BCUT2D eigenvalue weighted by Crippen LogP contribution is -2.44. The summed E-state index contributed by atoms with van der Waals surface area (Å²) in [5, 5.41) is 1.63. The number of carbonyl (C=O) groups excluding carboxylic acids is 2. The van der Waals surface area contributed by atoms with Gasteiger partial charge in [-0.25, -0.2) is 18.0 Å². The van der Waals surface area contributed by atoms with Crippen LogP contribution in [0.3, 0.4) is 0 Å². The zero-order chi connectivity index (χ0) is 21.1. The quantitative estimate of drug-likeness (QED) is 0.615. The summed E-state index contributed by atoms with van der Waals surface area (Å²) in [5.74, 6) is -5.38. The third-order valence-electron chi connectivity index (χ3n) is 3.48. The predicted octanol–water partition coefficient (Wildman–Crippen LogP) is 4.08. The van der Waals surface area contributed by atoms with Crippen LogP contribution in [0.2, 0.25) is 0 Å². The summed E-state index contributed by atoms with van der Waals surface area (Å²) in [6.45, 7) is -0.666. The number of benzene rings is 2. The second kappa shape index (κ2) is 8.30. The number of halogens is 6. The van der Waals surface area contributed by atoms with Crippen molar-refractivity contribution in [2.75, 3.05) is 18.7 Å². The summed E-state index contributed by atoms with van der Waals surface area (Å²) in [6, 6.07) is 2.53. The van der Waals surface area contributed by atoms with Gasteiger partial charge in [0.15, 0.2) is 0 Å². The van der Waals surface area contributed by atoms with E-state index in [0.717, 1.165) is 25.3 Å². The van der Waals surface area contributed by atoms with Crippen LogP contribution in [0.4, 0.5) is 36.8 Å². The number of ether oxygens (including phenoxy) is 1. The van der Waals surface area contributed by atoms with Crippen LogP contribution in [0.1, 0.15) is 15.9 Å². The van der Waals surface area contributed by atoms with Gasteiger partial charge in [-0.2, -0.15) is 13.2 Å². The number of anilines is 1. The summed E-state index contributed by atoms with van der Waals surface area (Å²) in [5.41, 5.74) is -2.99. The smallest absolute Gasteiger partial charge is 0.364 e.